The molecule has 0 spiro atoms. The number of nitrogens with zero attached hydrogens (tertiary/aromatic N) is 2. The van der Waals surface area contributed by atoms with E-state index in [9.17, 15) is 4.79 Å². The van der Waals surface area contributed by atoms with E-state index in [1.54, 1.807) is 11.3 Å². The summed E-state index contributed by atoms with van der Waals surface area (Å²) in [5.74, 6) is 0.250. The predicted octanol–water partition coefficient (Wildman–Crippen LogP) is 4.39. The first-order valence-corrected chi connectivity index (χ1v) is 8.90. The van der Waals surface area contributed by atoms with E-state index in [0.717, 1.165) is 48.6 Å². The summed E-state index contributed by atoms with van der Waals surface area (Å²) >= 11 is 1.64. The molecule has 0 saturated heterocycles. The first-order valence-electron chi connectivity index (χ1n) is 8.02. The number of rotatable bonds is 8. The van der Waals surface area contributed by atoms with E-state index in [0.29, 0.717) is 6.42 Å². The third-order valence-corrected chi connectivity index (χ3v) is 4.42. The van der Waals surface area contributed by atoms with Gasteiger partial charge < -0.3 is 4.90 Å². The number of carbonyl (C=O) groups excluding carboxylic acids is 1. The fraction of sp³-hybridized carbons (Fsp3) is 0.444. The number of carbonyl (C=O) groups is 1. The van der Waals surface area contributed by atoms with Crippen molar-refractivity contribution in [3.8, 4) is 11.3 Å². The van der Waals surface area contributed by atoms with Gasteiger partial charge in [-0.3, -0.25) is 4.79 Å². The molecule has 0 radical (unpaired) electrons. The van der Waals surface area contributed by atoms with Gasteiger partial charge >= 0.3 is 0 Å². The van der Waals surface area contributed by atoms with E-state index in [1.165, 1.54) is 0 Å². The fourth-order valence-electron chi connectivity index (χ4n) is 2.44. The summed E-state index contributed by atoms with van der Waals surface area (Å²) in [6.45, 7) is 5.95. The number of hydrogen-bond donors (Lipinski definition) is 0. The highest BCUT2D eigenvalue weighted by atomic mass is 32.1. The molecule has 1 aromatic heterocycles. The molecule has 0 atom stereocenters. The minimum Gasteiger partial charge on any atom is -0.343 e. The van der Waals surface area contributed by atoms with Gasteiger partial charge in [-0.15, -0.1) is 11.3 Å². The molecular formula is C18H24N2OS. The summed E-state index contributed by atoms with van der Waals surface area (Å²) < 4.78 is 0. The van der Waals surface area contributed by atoms with Crippen LogP contribution in [-0.4, -0.2) is 28.9 Å². The van der Waals surface area contributed by atoms with Gasteiger partial charge in [0.25, 0.3) is 0 Å². The zero-order valence-electron chi connectivity index (χ0n) is 13.4. The van der Waals surface area contributed by atoms with Crippen molar-refractivity contribution in [2.24, 2.45) is 0 Å². The lowest BCUT2D eigenvalue weighted by Crippen LogP contribution is -2.32. The van der Waals surface area contributed by atoms with Gasteiger partial charge in [-0.2, -0.15) is 0 Å². The summed E-state index contributed by atoms with van der Waals surface area (Å²) in [5, 5.41) is 3.12. The van der Waals surface area contributed by atoms with Crippen LogP contribution in [0.25, 0.3) is 11.3 Å². The average molecular weight is 316 g/mol. The quantitative estimate of drug-likeness (QED) is 0.723. The molecule has 0 N–H and O–H groups in total. The van der Waals surface area contributed by atoms with Gasteiger partial charge in [-0.1, -0.05) is 44.2 Å². The van der Waals surface area contributed by atoms with Gasteiger partial charge in [0.1, 0.15) is 0 Å². The first kappa shape index (κ1) is 16.7. The van der Waals surface area contributed by atoms with Gasteiger partial charge in [0.15, 0.2) is 0 Å². The molecule has 4 heteroatoms. The van der Waals surface area contributed by atoms with Gasteiger partial charge in [-0.05, 0) is 12.8 Å². The Labute approximate surface area is 137 Å². The van der Waals surface area contributed by atoms with Gasteiger partial charge in [0, 0.05) is 36.9 Å². The Balaban J connectivity index is 1.92. The maximum atomic E-state index is 12.3. The first-order chi connectivity index (χ1) is 10.7. The highest BCUT2D eigenvalue weighted by molar-refractivity contribution is 7.09. The van der Waals surface area contributed by atoms with Crippen LogP contribution >= 0.6 is 11.3 Å². The van der Waals surface area contributed by atoms with Gasteiger partial charge in [-0.25, -0.2) is 4.98 Å². The molecule has 0 aliphatic heterocycles. The molecule has 1 heterocycles. The molecule has 2 aromatic rings. The molecule has 0 fully saturated rings. The minimum absolute atomic E-state index is 0.250. The highest BCUT2D eigenvalue weighted by Crippen LogP contribution is 2.22. The van der Waals surface area contributed by atoms with Crippen LogP contribution in [0.15, 0.2) is 35.7 Å². The summed E-state index contributed by atoms with van der Waals surface area (Å²) in [4.78, 5) is 18.9. The van der Waals surface area contributed by atoms with Crippen LogP contribution in [0.5, 0.6) is 0 Å². The molecule has 1 amide bonds. The van der Waals surface area contributed by atoms with Crippen LogP contribution in [0, 0.1) is 0 Å². The second-order valence-corrected chi connectivity index (χ2v) is 6.32. The lowest BCUT2D eigenvalue weighted by Gasteiger charge is -2.21. The van der Waals surface area contributed by atoms with Crippen molar-refractivity contribution in [2.45, 2.75) is 39.5 Å². The number of amides is 1. The molecule has 0 aliphatic rings. The molecule has 0 bridgehead atoms. The van der Waals surface area contributed by atoms with E-state index in [-0.39, 0.29) is 5.91 Å². The van der Waals surface area contributed by atoms with Crippen molar-refractivity contribution in [1.82, 2.24) is 9.88 Å². The molecule has 0 unspecified atom stereocenters. The Morgan fingerprint density at radius 1 is 1.14 bits per heavy atom. The van der Waals surface area contributed by atoms with Crippen molar-refractivity contribution >= 4 is 17.2 Å². The van der Waals surface area contributed by atoms with Crippen LogP contribution < -0.4 is 0 Å². The SMILES string of the molecule is CCCN(CCC)C(=O)CCc1nc(-c2ccccc2)cs1. The summed E-state index contributed by atoms with van der Waals surface area (Å²) in [7, 11) is 0. The number of hydrogen-bond acceptors (Lipinski definition) is 3. The number of aryl methyl sites for hydroxylation is 1. The minimum atomic E-state index is 0.250. The fourth-order valence-corrected chi connectivity index (χ4v) is 3.25. The molecule has 3 nitrogen and oxygen atoms in total. The smallest absolute Gasteiger partial charge is 0.222 e. The zero-order valence-corrected chi connectivity index (χ0v) is 14.2. The van der Waals surface area contributed by atoms with Crippen LogP contribution in [-0.2, 0) is 11.2 Å². The summed E-state index contributed by atoms with van der Waals surface area (Å²) in [5.41, 5.74) is 2.14. The highest BCUT2D eigenvalue weighted by Gasteiger charge is 2.13. The van der Waals surface area contributed by atoms with Crippen molar-refractivity contribution in [2.75, 3.05) is 13.1 Å². The summed E-state index contributed by atoms with van der Waals surface area (Å²) in [6.07, 6.45) is 3.32. The number of aromatic nitrogens is 1. The molecule has 1 aromatic carbocycles. The Hall–Kier alpha value is -1.68. The van der Waals surface area contributed by atoms with Crippen molar-refractivity contribution < 1.29 is 4.79 Å². The third-order valence-electron chi connectivity index (χ3n) is 3.51. The second kappa shape index (κ2) is 8.69. The van der Waals surface area contributed by atoms with E-state index < -0.39 is 0 Å². The lowest BCUT2D eigenvalue weighted by molar-refractivity contribution is -0.131. The molecule has 0 aliphatic carbocycles. The Bertz CT molecular complexity index is 574. The lowest BCUT2D eigenvalue weighted by atomic mass is 10.2. The maximum absolute atomic E-state index is 12.3. The van der Waals surface area contributed by atoms with E-state index in [4.69, 9.17) is 0 Å². The third kappa shape index (κ3) is 4.67. The van der Waals surface area contributed by atoms with Crippen LogP contribution in [0.2, 0.25) is 0 Å². The van der Waals surface area contributed by atoms with Gasteiger partial charge in [0.2, 0.25) is 5.91 Å². The van der Waals surface area contributed by atoms with Crippen molar-refractivity contribution in [1.29, 1.82) is 0 Å². The summed E-state index contributed by atoms with van der Waals surface area (Å²) in [6, 6.07) is 10.2. The molecule has 2 rings (SSSR count). The van der Waals surface area contributed by atoms with E-state index in [2.05, 4.69) is 36.3 Å². The number of benzene rings is 1. The molecule has 22 heavy (non-hydrogen) atoms. The normalized spacial score (nSPS) is 10.6. The topological polar surface area (TPSA) is 33.2 Å². The van der Waals surface area contributed by atoms with Crippen molar-refractivity contribution in [3.05, 3.63) is 40.7 Å². The maximum Gasteiger partial charge on any atom is 0.222 e. The zero-order chi connectivity index (χ0) is 15.8. The standard InChI is InChI=1S/C18H24N2OS/c1-3-12-20(13-4-2)18(21)11-10-17-19-16(14-22-17)15-8-6-5-7-9-15/h5-9,14H,3-4,10-13H2,1-2H3. The second-order valence-electron chi connectivity index (χ2n) is 5.37. The number of thiazole rings is 1. The largest absolute Gasteiger partial charge is 0.343 e. The molecular weight excluding hydrogens is 292 g/mol. The van der Waals surface area contributed by atoms with Gasteiger partial charge in [0.05, 0.1) is 10.7 Å². The van der Waals surface area contributed by atoms with Crippen LogP contribution in [0.4, 0.5) is 0 Å². The Morgan fingerprint density at radius 3 is 2.45 bits per heavy atom. The monoisotopic (exact) mass is 316 g/mol. The Morgan fingerprint density at radius 2 is 1.82 bits per heavy atom. The van der Waals surface area contributed by atoms with Crippen LogP contribution in [0.1, 0.15) is 38.1 Å². The average Bonchev–Trinajstić information content (AvgIpc) is 3.02. The van der Waals surface area contributed by atoms with Crippen LogP contribution in [0.3, 0.4) is 0 Å². The van der Waals surface area contributed by atoms with E-state index >= 15 is 0 Å². The van der Waals surface area contributed by atoms with E-state index in [1.807, 2.05) is 23.1 Å². The molecule has 118 valence electrons. The predicted molar refractivity (Wildman–Crippen MR) is 93.0 cm³/mol. The Kier molecular flexibility index (Phi) is 6.59. The molecule has 0 saturated carbocycles. The van der Waals surface area contributed by atoms with Crippen molar-refractivity contribution in [3.63, 3.8) is 0 Å².